The molecule has 8 heavy (non-hydrogen) atoms. The summed E-state index contributed by atoms with van der Waals surface area (Å²) in [5.41, 5.74) is 0. The Hall–Kier alpha value is -0.275. The lowest BCUT2D eigenvalue weighted by atomic mass is 9.90. The van der Waals surface area contributed by atoms with Crippen LogP contribution in [0.5, 0.6) is 0 Å². The molecule has 0 aromatic rings. The summed E-state index contributed by atoms with van der Waals surface area (Å²) in [6.45, 7) is 3.94. The molecule has 0 aromatic carbocycles. The molecule has 0 unspecified atom stereocenters. The molecule has 2 nitrogen and oxygen atoms in total. The average molecular weight is 114 g/mol. The summed E-state index contributed by atoms with van der Waals surface area (Å²) < 4.78 is 0. The summed E-state index contributed by atoms with van der Waals surface area (Å²) in [7, 11) is -1.29. The van der Waals surface area contributed by atoms with Gasteiger partial charge in [0.15, 0.2) is 0 Å². The number of hydrogen-bond acceptors (Lipinski definition) is 2. The Labute approximate surface area is 50.0 Å². The predicted octanol–water partition coefficient (Wildman–Crippen LogP) is 0.211. The fourth-order valence-electron chi connectivity index (χ4n) is 0.322. The normalized spacial score (nSPS) is 11.1. The van der Waals surface area contributed by atoms with E-state index in [1.54, 1.807) is 6.08 Å². The standard InChI is InChI=1S/C5H11BO2/c1-5(2)3-4-6(7)8/h3-5,7-8H,1-2H3. The van der Waals surface area contributed by atoms with Crippen molar-refractivity contribution in [2.75, 3.05) is 0 Å². The predicted molar refractivity (Wildman–Crippen MR) is 34.2 cm³/mol. The Morgan fingerprint density at radius 1 is 1.38 bits per heavy atom. The van der Waals surface area contributed by atoms with E-state index in [9.17, 15) is 0 Å². The van der Waals surface area contributed by atoms with Gasteiger partial charge >= 0.3 is 7.12 Å². The molecule has 0 fully saturated rings. The van der Waals surface area contributed by atoms with Crippen LogP contribution in [0.15, 0.2) is 12.1 Å². The zero-order valence-corrected chi connectivity index (χ0v) is 5.20. The van der Waals surface area contributed by atoms with Gasteiger partial charge in [-0.25, -0.2) is 0 Å². The monoisotopic (exact) mass is 114 g/mol. The van der Waals surface area contributed by atoms with Gasteiger partial charge < -0.3 is 10.0 Å². The number of allylic oxidation sites excluding steroid dienone is 1. The van der Waals surface area contributed by atoms with E-state index in [-0.39, 0.29) is 0 Å². The zero-order chi connectivity index (χ0) is 6.57. The van der Waals surface area contributed by atoms with Gasteiger partial charge in [-0.3, -0.25) is 0 Å². The maximum absolute atomic E-state index is 8.27. The Bertz CT molecular complexity index is 68.5. The molecule has 0 atom stereocenters. The van der Waals surface area contributed by atoms with Gasteiger partial charge in [0.2, 0.25) is 0 Å². The topological polar surface area (TPSA) is 40.5 Å². The summed E-state index contributed by atoms with van der Waals surface area (Å²) in [4.78, 5) is 0. The quantitative estimate of drug-likeness (QED) is 0.503. The summed E-state index contributed by atoms with van der Waals surface area (Å²) in [5, 5.41) is 16.5. The molecular weight excluding hydrogens is 103 g/mol. The Balaban J connectivity index is 3.34. The Morgan fingerprint density at radius 3 is 2.00 bits per heavy atom. The van der Waals surface area contributed by atoms with Crippen LogP contribution in [0.3, 0.4) is 0 Å². The van der Waals surface area contributed by atoms with Crippen molar-refractivity contribution in [3.63, 3.8) is 0 Å². The van der Waals surface area contributed by atoms with Crippen LogP contribution >= 0.6 is 0 Å². The van der Waals surface area contributed by atoms with Crippen molar-refractivity contribution in [3.8, 4) is 0 Å². The van der Waals surface area contributed by atoms with Gasteiger partial charge in [-0.2, -0.15) is 0 Å². The van der Waals surface area contributed by atoms with Crippen LogP contribution in [0.25, 0.3) is 0 Å². The molecule has 2 N–H and O–H groups in total. The average Bonchev–Trinajstić information content (AvgIpc) is 1.61. The molecule has 0 amide bonds. The second-order valence-electron chi connectivity index (χ2n) is 2.04. The minimum absolute atomic E-state index is 0.386. The van der Waals surface area contributed by atoms with Crippen LogP contribution in [0.4, 0.5) is 0 Å². The molecule has 0 heterocycles. The van der Waals surface area contributed by atoms with Crippen molar-refractivity contribution in [1.29, 1.82) is 0 Å². The van der Waals surface area contributed by atoms with E-state index >= 15 is 0 Å². The largest absolute Gasteiger partial charge is 0.480 e. The lowest BCUT2D eigenvalue weighted by molar-refractivity contribution is 0.423. The third-order valence-electron chi connectivity index (χ3n) is 0.668. The smallest absolute Gasteiger partial charge is 0.424 e. The lowest BCUT2D eigenvalue weighted by Gasteiger charge is -1.91. The van der Waals surface area contributed by atoms with Crippen LogP contribution in [-0.4, -0.2) is 17.2 Å². The first kappa shape index (κ1) is 7.72. The van der Waals surface area contributed by atoms with Crippen molar-refractivity contribution in [2.24, 2.45) is 5.92 Å². The number of hydrogen-bond donors (Lipinski definition) is 2. The summed E-state index contributed by atoms with van der Waals surface area (Å²) in [6, 6.07) is 0. The molecule has 0 spiro atoms. The zero-order valence-electron chi connectivity index (χ0n) is 5.20. The first-order chi connectivity index (χ1) is 3.63. The summed E-state index contributed by atoms with van der Waals surface area (Å²) >= 11 is 0. The van der Waals surface area contributed by atoms with E-state index in [0.717, 1.165) is 0 Å². The highest BCUT2D eigenvalue weighted by Crippen LogP contribution is 1.92. The molecule has 0 radical (unpaired) electrons. The lowest BCUT2D eigenvalue weighted by Crippen LogP contribution is -2.06. The minimum atomic E-state index is -1.29. The van der Waals surface area contributed by atoms with E-state index in [2.05, 4.69) is 0 Å². The van der Waals surface area contributed by atoms with Crippen LogP contribution in [0, 0.1) is 5.92 Å². The van der Waals surface area contributed by atoms with E-state index < -0.39 is 7.12 Å². The maximum Gasteiger partial charge on any atom is 0.480 e. The van der Waals surface area contributed by atoms with E-state index in [0.29, 0.717) is 5.92 Å². The molecule has 3 heteroatoms. The van der Waals surface area contributed by atoms with Crippen molar-refractivity contribution >= 4 is 7.12 Å². The first-order valence-electron chi connectivity index (χ1n) is 2.67. The fourth-order valence-corrected chi connectivity index (χ4v) is 0.322. The molecule has 0 aliphatic carbocycles. The van der Waals surface area contributed by atoms with E-state index in [1.165, 1.54) is 5.98 Å². The fraction of sp³-hybridized carbons (Fsp3) is 0.600. The van der Waals surface area contributed by atoms with Crippen LogP contribution in [-0.2, 0) is 0 Å². The van der Waals surface area contributed by atoms with Crippen molar-refractivity contribution in [1.82, 2.24) is 0 Å². The third-order valence-corrected chi connectivity index (χ3v) is 0.668. The Kier molecular flexibility index (Phi) is 3.57. The van der Waals surface area contributed by atoms with E-state index in [1.807, 2.05) is 13.8 Å². The second kappa shape index (κ2) is 3.69. The van der Waals surface area contributed by atoms with Gasteiger partial charge in [0, 0.05) is 0 Å². The number of rotatable bonds is 2. The van der Waals surface area contributed by atoms with Crippen LogP contribution in [0.1, 0.15) is 13.8 Å². The van der Waals surface area contributed by atoms with Gasteiger partial charge in [-0.1, -0.05) is 25.9 Å². The highest BCUT2D eigenvalue weighted by atomic mass is 16.4. The molecule has 0 aromatic heterocycles. The first-order valence-corrected chi connectivity index (χ1v) is 2.67. The molecule has 0 bridgehead atoms. The molecule has 0 saturated heterocycles. The highest BCUT2D eigenvalue weighted by Gasteiger charge is 1.97. The van der Waals surface area contributed by atoms with Crippen LogP contribution < -0.4 is 0 Å². The van der Waals surface area contributed by atoms with Gasteiger partial charge in [0.1, 0.15) is 0 Å². The van der Waals surface area contributed by atoms with Crippen LogP contribution in [0.2, 0.25) is 0 Å². The third kappa shape index (κ3) is 5.72. The SMILES string of the molecule is CC(C)C=CB(O)O. The van der Waals surface area contributed by atoms with Gasteiger partial charge in [-0.05, 0) is 5.92 Å². The van der Waals surface area contributed by atoms with Crippen molar-refractivity contribution < 1.29 is 10.0 Å². The molecule has 0 rings (SSSR count). The summed E-state index contributed by atoms with van der Waals surface area (Å²) in [5.74, 6) is 1.74. The summed E-state index contributed by atoms with van der Waals surface area (Å²) in [6.07, 6.45) is 1.74. The molecule has 46 valence electrons. The van der Waals surface area contributed by atoms with Gasteiger partial charge in [0.05, 0.1) is 0 Å². The molecule has 0 aliphatic heterocycles. The highest BCUT2D eigenvalue weighted by molar-refractivity contribution is 6.47. The maximum atomic E-state index is 8.27. The van der Waals surface area contributed by atoms with Crippen molar-refractivity contribution in [3.05, 3.63) is 12.1 Å². The Morgan fingerprint density at radius 2 is 1.88 bits per heavy atom. The second-order valence-corrected chi connectivity index (χ2v) is 2.04. The molecule has 0 aliphatic rings. The van der Waals surface area contributed by atoms with Gasteiger partial charge in [0.25, 0.3) is 0 Å². The van der Waals surface area contributed by atoms with E-state index in [4.69, 9.17) is 10.0 Å². The minimum Gasteiger partial charge on any atom is -0.424 e. The molecule has 0 saturated carbocycles. The van der Waals surface area contributed by atoms with Gasteiger partial charge in [-0.15, -0.1) is 0 Å². The molecular formula is C5H11BO2. The van der Waals surface area contributed by atoms with Crippen molar-refractivity contribution in [2.45, 2.75) is 13.8 Å².